The van der Waals surface area contributed by atoms with Gasteiger partial charge in [0.05, 0.1) is 11.3 Å². The molecule has 0 atom stereocenters. The Hall–Kier alpha value is -2.55. The van der Waals surface area contributed by atoms with Crippen LogP contribution in [0.3, 0.4) is 0 Å². The van der Waals surface area contributed by atoms with Crippen LogP contribution in [-0.2, 0) is 10.0 Å². The number of carbonyl (C=O) groups is 1. The van der Waals surface area contributed by atoms with Crippen LogP contribution < -0.4 is 10.5 Å². The quantitative estimate of drug-likeness (QED) is 0.725. The van der Waals surface area contributed by atoms with Gasteiger partial charge in [0.2, 0.25) is 0 Å². The van der Waals surface area contributed by atoms with Crippen LogP contribution in [0.15, 0.2) is 27.6 Å². The summed E-state index contributed by atoms with van der Waals surface area (Å²) in [5, 5.41) is 12.7. The van der Waals surface area contributed by atoms with Gasteiger partial charge in [-0.15, -0.1) is 0 Å². The van der Waals surface area contributed by atoms with Gasteiger partial charge in [0, 0.05) is 5.69 Å². The summed E-state index contributed by atoms with van der Waals surface area (Å²) in [6, 6.07) is 3.83. The summed E-state index contributed by atoms with van der Waals surface area (Å²) >= 11 is 0. The number of sulfonamides is 1. The first-order valence-corrected chi connectivity index (χ1v) is 7.29. The Balaban J connectivity index is 2.51. The van der Waals surface area contributed by atoms with Crippen LogP contribution in [0.5, 0.6) is 0 Å². The molecule has 112 valence electrons. The standard InChI is InChI=1S/C12H13N3O5S/c1-6-11(7(2)20-14-6)21(18,19)15-10-5-8(13)3-4-9(10)12(16)17/h3-5,15H,13H2,1-2H3,(H,16,17). The lowest BCUT2D eigenvalue weighted by molar-refractivity contribution is 0.0698. The van der Waals surface area contributed by atoms with E-state index in [-0.39, 0.29) is 33.3 Å². The van der Waals surface area contributed by atoms with Crippen LogP contribution in [-0.4, -0.2) is 24.7 Å². The number of aromatic carboxylic acids is 1. The van der Waals surface area contributed by atoms with Crippen LogP contribution in [0.1, 0.15) is 21.8 Å². The molecule has 4 N–H and O–H groups in total. The van der Waals surface area contributed by atoms with Crippen LogP contribution >= 0.6 is 0 Å². The first-order valence-electron chi connectivity index (χ1n) is 5.81. The SMILES string of the molecule is Cc1noc(C)c1S(=O)(=O)Nc1cc(N)ccc1C(=O)O. The molecule has 2 aromatic rings. The van der Waals surface area contributed by atoms with Crippen molar-refractivity contribution < 1.29 is 22.8 Å². The average Bonchev–Trinajstić information content (AvgIpc) is 2.68. The summed E-state index contributed by atoms with van der Waals surface area (Å²) < 4.78 is 31.7. The number of benzene rings is 1. The lowest BCUT2D eigenvalue weighted by Gasteiger charge is -2.11. The highest BCUT2D eigenvalue weighted by Crippen LogP contribution is 2.25. The first kappa shape index (κ1) is 14.9. The zero-order chi connectivity index (χ0) is 15.8. The molecule has 0 saturated heterocycles. The molecular weight excluding hydrogens is 298 g/mol. The van der Waals surface area contributed by atoms with Gasteiger partial charge in [-0.3, -0.25) is 4.72 Å². The number of aryl methyl sites for hydroxylation is 2. The molecule has 0 amide bonds. The minimum atomic E-state index is -4.03. The molecule has 0 spiro atoms. The molecule has 1 aromatic carbocycles. The number of nitrogens with zero attached hydrogens (tertiary/aromatic N) is 1. The summed E-state index contributed by atoms with van der Waals surface area (Å²) in [4.78, 5) is 11.0. The third-order valence-corrected chi connectivity index (χ3v) is 4.36. The maximum atomic E-state index is 12.3. The van der Waals surface area contributed by atoms with Crippen LogP contribution in [0.2, 0.25) is 0 Å². The van der Waals surface area contributed by atoms with E-state index in [1.807, 2.05) is 0 Å². The number of nitrogens with one attached hydrogen (secondary N) is 1. The zero-order valence-electron chi connectivity index (χ0n) is 11.2. The minimum Gasteiger partial charge on any atom is -0.478 e. The summed E-state index contributed by atoms with van der Waals surface area (Å²) in [6.07, 6.45) is 0. The first-order chi connectivity index (χ1) is 9.72. The van der Waals surface area contributed by atoms with E-state index >= 15 is 0 Å². The predicted molar refractivity (Wildman–Crippen MR) is 74.6 cm³/mol. The normalized spacial score (nSPS) is 11.3. The van der Waals surface area contributed by atoms with Gasteiger partial charge >= 0.3 is 5.97 Å². The molecule has 0 bridgehead atoms. The smallest absolute Gasteiger partial charge is 0.337 e. The van der Waals surface area contributed by atoms with Gasteiger partial charge in [-0.25, -0.2) is 13.2 Å². The monoisotopic (exact) mass is 311 g/mol. The Bertz CT molecular complexity index is 791. The lowest BCUT2D eigenvalue weighted by Crippen LogP contribution is -2.17. The average molecular weight is 311 g/mol. The van der Waals surface area contributed by atoms with Gasteiger partial charge in [0.1, 0.15) is 5.69 Å². The van der Waals surface area contributed by atoms with Crippen molar-refractivity contribution in [3.63, 3.8) is 0 Å². The minimum absolute atomic E-state index is 0.112. The molecule has 0 unspecified atom stereocenters. The second-order valence-electron chi connectivity index (χ2n) is 4.37. The summed E-state index contributed by atoms with van der Waals surface area (Å²) in [7, 11) is -4.03. The topological polar surface area (TPSA) is 136 Å². The van der Waals surface area contributed by atoms with E-state index in [1.54, 1.807) is 0 Å². The number of carboxylic acids is 1. The van der Waals surface area contributed by atoms with E-state index in [2.05, 4.69) is 9.88 Å². The second kappa shape index (κ2) is 5.09. The van der Waals surface area contributed by atoms with Gasteiger partial charge < -0.3 is 15.4 Å². The van der Waals surface area contributed by atoms with Crippen molar-refractivity contribution in [1.82, 2.24) is 5.16 Å². The highest BCUT2D eigenvalue weighted by molar-refractivity contribution is 7.92. The third kappa shape index (κ3) is 2.82. The van der Waals surface area contributed by atoms with Crippen molar-refractivity contribution in [2.75, 3.05) is 10.5 Å². The molecule has 0 saturated carbocycles. The number of anilines is 2. The van der Waals surface area contributed by atoms with Crippen LogP contribution in [0.4, 0.5) is 11.4 Å². The Morgan fingerprint density at radius 3 is 2.57 bits per heavy atom. The fourth-order valence-electron chi connectivity index (χ4n) is 1.89. The number of nitrogen functional groups attached to an aromatic ring is 1. The molecule has 1 aromatic heterocycles. The van der Waals surface area contributed by atoms with Gasteiger partial charge in [-0.1, -0.05) is 5.16 Å². The number of hydrogen-bond acceptors (Lipinski definition) is 6. The van der Waals surface area contributed by atoms with Gasteiger partial charge in [-0.05, 0) is 32.0 Å². The molecule has 0 aliphatic heterocycles. The van der Waals surface area contributed by atoms with Crippen molar-refractivity contribution in [1.29, 1.82) is 0 Å². The Labute approximate surface area is 120 Å². The van der Waals surface area contributed by atoms with E-state index < -0.39 is 16.0 Å². The third-order valence-electron chi connectivity index (χ3n) is 2.75. The van der Waals surface area contributed by atoms with Crippen molar-refractivity contribution in [3.05, 3.63) is 35.2 Å². The zero-order valence-corrected chi connectivity index (χ0v) is 12.1. The van der Waals surface area contributed by atoms with Crippen molar-refractivity contribution in [2.24, 2.45) is 0 Å². The number of carboxylic acid groups (broad SMARTS) is 1. The Morgan fingerprint density at radius 2 is 2.05 bits per heavy atom. The van der Waals surface area contributed by atoms with E-state index in [0.29, 0.717) is 0 Å². The largest absolute Gasteiger partial charge is 0.478 e. The number of hydrogen-bond donors (Lipinski definition) is 3. The number of aromatic nitrogens is 1. The van der Waals surface area contributed by atoms with Gasteiger partial charge in [0.15, 0.2) is 10.7 Å². The molecule has 8 nitrogen and oxygen atoms in total. The number of rotatable bonds is 4. The number of nitrogens with two attached hydrogens (primary N) is 1. The highest BCUT2D eigenvalue weighted by Gasteiger charge is 2.26. The summed E-state index contributed by atoms with van der Waals surface area (Å²) in [5.41, 5.74) is 5.65. The van der Waals surface area contributed by atoms with Crippen molar-refractivity contribution in [2.45, 2.75) is 18.7 Å². The van der Waals surface area contributed by atoms with Gasteiger partial charge in [0.25, 0.3) is 10.0 Å². The molecule has 2 rings (SSSR count). The Kier molecular flexibility index (Phi) is 3.60. The molecule has 0 aliphatic carbocycles. The van der Waals surface area contributed by atoms with E-state index in [4.69, 9.17) is 15.4 Å². The van der Waals surface area contributed by atoms with Crippen molar-refractivity contribution in [3.8, 4) is 0 Å². The lowest BCUT2D eigenvalue weighted by atomic mass is 10.1. The van der Waals surface area contributed by atoms with Gasteiger partial charge in [-0.2, -0.15) is 0 Å². The fraction of sp³-hybridized carbons (Fsp3) is 0.167. The maximum absolute atomic E-state index is 12.3. The molecule has 0 radical (unpaired) electrons. The molecule has 9 heteroatoms. The van der Waals surface area contributed by atoms with E-state index in [0.717, 1.165) is 0 Å². The van der Waals surface area contributed by atoms with Crippen LogP contribution in [0.25, 0.3) is 0 Å². The van der Waals surface area contributed by atoms with Crippen LogP contribution in [0, 0.1) is 13.8 Å². The second-order valence-corrected chi connectivity index (χ2v) is 5.99. The van der Waals surface area contributed by atoms with E-state index in [1.165, 1.54) is 32.0 Å². The summed E-state index contributed by atoms with van der Waals surface area (Å²) in [6.45, 7) is 2.93. The molecule has 0 fully saturated rings. The highest BCUT2D eigenvalue weighted by atomic mass is 32.2. The molecule has 0 aliphatic rings. The molecule has 1 heterocycles. The van der Waals surface area contributed by atoms with E-state index in [9.17, 15) is 13.2 Å². The molecular formula is C12H13N3O5S. The summed E-state index contributed by atoms with van der Waals surface area (Å²) in [5.74, 6) is -1.16. The van der Waals surface area contributed by atoms with Crippen molar-refractivity contribution >= 4 is 27.4 Å². The Morgan fingerprint density at radius 1 is 1.38 bits per heavy atom. The molecule has 21 heavy (non-hydrogen) atoms. The fourth-order valence-corrected chi connectivity index (χ4v) is 3.29. The maximum Gasteiger partial charge on any atom is 0.337 e. The predicted octanol–water partition coefficient (Wildman–Crippen LogP) is 1.37.